The van der Waals surface area contributed by atoms with Gasteiger partial charge in [-0.25, -0.2) is 4.39 Å². The first-order chi connectivity index (χ1) is 7.18. The maximum atomic E-state index is 13.6. The van der Waals surface area contributed by atoms with Gasteiger partial charge in [-0.1, -0.05) is 6.07 Å². The number of pyridine rings is 1. The van der Waals surface area contributed by atoms with E-state index in [9.17, 15) is 9.50 Å². The van der Waals surface area contributed by atoms with E-state index in [1.54, 1.807) is 31.3 Å². The van der Waals surface area contributed by atoms with Crippen molar-refractivity contribution in [2.75, 3.05) is 0 Å². The van der Waals surface area contributed by atoms with Crippen LogP contribution in [-0.2, 0) is 0 Å². The molecule has 1 aromatic heterocycles. The van der Waals surface area contributed by atoms with Gasteiger partial charge in [0, 0.05) is 6.20 Å². The molecule has 2 rings (SSSR count). The molecular weight excluding hydrogens is 193 g/mol. The molecule has 1 heterocycles. The SMILES string of the molecule is Cc1cc(O)c(-c2ccccn2)c(F)c1. The zero-order chi connectivity index (χ0) is 10.8. The van der Waals surface area contributed by atoms with Gasteiger partial charge in [0.15, 0.2) is 0 Å². The molecule has 0 radical (unpaired) electrons. The number of phenols is 1. The number of aromatic nitrogens is 1. The Kier molecular flexibility index (Phi) is 2.37. The van der Waals surface area contributed by atoms with Crippen LogP contribution in [0.25, 0.3) is 11.3 Å². The van der Waals surface area contributed by atoms with Crippen molar-refractivity contribution in [1.82, 2.24) is 4.98 Å². The molecule has 0 saturated heterocycles. The molecule has 0 unspecified atom stereocenters. The summed E-state index contributed by atoms with van der Waals surface area (Å²) in [5.74, 6) is -0.530. The highest BCUT2D eigenvalue weighted by Gasteiger charge is 2.11. The molecule has 0 aliphatic rings. The van der Waals surface area contributed by atoms with Gasteiger partial charge in [0.2, 0.25) is 0 Å². The average molecular weight is 203 g/mol. The van der Waals surface area contributed by atoms with E-state index >= 15 is 0 Å². The minimum atomic E-state index is -0.453. The topological polar surface area (TPSA) is 33.1 Å². The van der Waals surface area contributed by atoms with E-state index in [1.165, 1.54) is 12.1 Å². The molecule has 0 aliphatic heterocycles. The number of nitrogens with zero attached hydrogens (tertiary/aromatic N) is 1. The molecule has 1 aromatic carbocycles. The number of phenolic OH excluding ortho intramolecular Hbond substituents is 1. The summed E-state index contributed by atoms with van der Waals surface area (Å²) >= 11 is 0. The monoisotopic (exact) mass is 203 g/mol. The van der Waals surface area contributed by atoms with Crippen molar-refractivity contribution in [2.45, 2.75) is 6.92 Å². The van der Waals surface area contributed by atoms with Gasteiger partial charge < -0.3 is 5.11 Å². The van der Waals surface area contributed by atoms with E-state index in [0.29, 0.717) is 11.3 Å². The minimum Gasteiger partial charge on any atom is -0.507 e. The van der Waals surface area contributed by atoms with Crippen molar-refractivity contribution in [2.24, 2.45) is 0 Å². The third kappa shape index (κ3) is 1.81. The molecule has 2 nitrogen and oxygen atoms in total. The van der Waals surface area contributed by atoms with Crippen molar-refractivity contribution in [3.05, 3.63) is 47.9 Å². The number of rotatable bonds is 1. The Morgan fingerprint density at radius 3 is 2.67 bits per heavy atom. The molecule has 3 heteroatoms. The summed E-state index contributed by atoms with van der Waals surface area (Å²) in [6, 6.07) is 8.05. The maximum absolute atomic E-state index is 13.6. The number of aromatic hydroxyl groups is 1. The number of hydrogen-bond acceptors (Lipinski definition) is 2. The first-order valence-corrected chi connectivity index (χ1v) is 4.59. The summed E-state index contributed by atoms with van der Waals surface area (Å²) in [5.41, 5.74) is 1.28. The summed E-state index contributed by atoms with van der Waals surface area (Å²) in [4.78, 5) is 4.00. The number of benzene rings is 1. The van der Waals surface area contributed by atoms with Crippen LogP contribution in [0.3, 0.4) is 0 Å². The molecule has 0 atom stereocenters. The molecule has 2 aromatic rings. The normalized spacial score (nSPS) is 10.3. The molecule has 0 aliphatic carbocycles. The van der Waals surface area contributed by atoms with E-state index in [0.717, 1.165) is 0 Å². The molecule has 0 spiro atoms. The Bertz CT molecular complexity index is 459. The summed E-state index contributed by atoms with van der Waals surface area (Å²) in [6.07, 6.45) is 1.56. The molecule has 0 amide bonds. The molecule has 0 saturated carbocycles. The zero-order valence-corrected chi connectivity index (χ0v) is 8.24. The van der Waals surface area contributed by atoms with Crippen LogP contribution < -0.4 is 0 Å². The Hall–Kier alpha value is -1.90. The Labute approximate surface area is 87.0 Å². The predicted octanol–water partition coefficient (Wildman–Crippen LogP) is 2.90. The third-order valence-electron chi connectivity index (χ3n) is 2.13. The summed E-state index contributed by atoms with van der Waals surface area (Å²) in [5, 5.41) is 9.65. The highest BCUT2D eigenvalue weighted by molar-refractivity contribution is 5.67. The second-order valence-corrected chi connectivity index (χ2v) is 3.36. The van der Waals surface area contributed by atoms with Gasteiger partial charge in [0.1, 0.15) is 11.6 Å². The van der Waals surface area contributed by atoms with Crippen LogP contribution in [0.2, 0.25) is 0 Å². The van der Waals surface area contributed by atoms with Crippen LogP contribution in [0.4, 0.5) is 4.39 Å². The minimum absolute atomic E-state index is 0.0776. The molecule has 1 N–H and O–H groups in total. The predicted molar refractivity (Wildman–Crippen MR) is 56.0 cm³/mol. The average Bonchev–Trinajstić information content (AvgIpc) is 2.17. The van der Waals surface area contributed by atoms with Crippen LogP contribution in [0.5, 0.6) is 5.75 Å². The second kappa shape index (κ2) is 3.69. The molecule has 0 bridgehead atoms. The van der Waals surface area contributed by atoms with Crippen LogP contribution in [0, 0.1) is 12.7 Å². The van der Waals surface area contributed by atoms with Crippen LogP contribution in [0.15, 0.2) is 36.5 Å². The van der Waals surface area contributed by atoms with Crippen LogP contribution in [0.1, 0.15) is 5.56 Å². The second-order valence-electron chi connectivity index (χ2n) is 3.36. The molecule has 76 valence electrons. The van der Waals surface area contributed by atoms with Crippen LogP contribution >= 0.6 is 0 Å². The number of halogens is 1. The van der Waals surface area contributed by atoms with Gasteiger partial charge >= 0.3 is 0 Å². The van der Waals surface area contributed by atoms with E-state index in [-0.39, 0.29) is 11.3 Å². The largest absolute Gasteiger partial charge is 0.507 e. The molecule has 15 heavy (non-hydrogen) atoms. The number of aryl methyl sites for hydroxylation is 1. The zero-order valence-electron chi connectivity index (χ0n) is 8.24. The summed E-state index contributed by atoms with van der Waals surface area (Å²) < 4.78 is 13.6. The lowest BCUT2D eigenvalue weighted by Gasteiger charge is -2.06. The van der Waals surface area contributed by atoms with Crippen LogP contribution in [-0.4, -0.2) is 10.1 Å². The van der Waals surface area contributed by atoms with Crippen molar-refractivity contribution < 1.29 is 9.50 Å². The molecular formula is C12H10FNO. The first kappa shape index (κ1) is 9.65. The maximum Gasteiger partial charge on any atom is 0.136 e. The fourth-order valence-corrected chi connectivity index (χ4v) is 1.49. The van der Waals surface area contributed by atoms with Gasteiger partial charge in [-0.2, -0.15) is 0 Å². The van der Waals surface area contributed by atoms with Crippen molar-refractivity contribution in [3.8, 4) is 17.0 Å². The van der Waals surface area contributed by atoms with Gasteiger partial charge in [0.25, 0.3) is 0 Å². The Morgan fingerprint density at radius 2 is 2.07 bits per heavy atom. The van der Waals surface area contributed by atoms with Gasteiger partial charge in [-0.15, -0.1) is 0 Å². The quantitative estimate of drug-likeness (QED) is 0.773. The highest BCUT2D eigenvalue weighted by Crippen LogP contribution is 2.31. The fraction of sp³-hybridized carbons (Fsp3) is 0.0833. The van der Waals surface area contributed by atoms with Gasteiger partial charge in [-0.3, -0.25) is 4.98 Å². The lowest BCUT2D eigenvalue weighted by atomic mass is 10.1. The number of hydrogen-bond donors (Lipinski definition) is 1. The van der Waals surface area contributed by atoms with Crippen molar-refractivity contribution in [1.29, 1.82) is 0 Å². The van der Waals surface area contributed by atoms with E-state index < -0.39 is 5.82 Å². The van der Waals surface area contributed by atoms with Crippen molar-refractivity contribution >= 4 is 0 Å². The van der Waals surface area contributed by atoms with Gasteiger partial charge in [-0.05, 0) is 36.8 Å². The Balaban J connectivity index is 2.64. The van der Waals surface area contributed by atoms with E-state index in [2.05, 4.69) is 4.98 Å². The Morgan fingerprint density at radius 1 is 1.27 bits per heavy atom. The van der Waals surface area contributed by atoms with Crippen molar-refractivity contribution in [3.63, 3.8) is 0 Å². The lowest BCUT2D eigenvalue weighted by molar-refractivity contribution is 0.471. The summed E-state index contributed by atoms with van der Waals surface area (Å²) in [7, 11) is 0. The van der Waals surface area contributed by atoms with Gasteiger partial charge in [0.05, 0.1) is 11.3 Å². The highest BCUT2D eigenvalue weighted by atomic mass is 19.1. The third-order valence-corrected chi connectivity index (χ3v) is 2.13. The molecule has 0 fully saturated rings. The van der Waals surface area contributed by atoms with E-state index in [1.807, 2.05) is 0 Å². The fourth-order valence-electron chi connectivity index (χ4n) is 1.49. The smallest absolute Gasteiger partial charge is 0.136 e. The summed E-state index contributed by atoms with van der Waals surface area (Å²) in [6.45, 7) is 1.73. The lowest BCUT2D eigenvalue weighted by Crippen LogP contribution is -1.89. The standard InChI is InChI=1S/C12H10FNO/c1-8-6-9(13)12(11(15)7-8)10-4-2-3-5-14-10/h2-7,15H,1H3. The van der Waals surface area contributed by atoms with E-state index in [4.69, 9.17) is 0 Å². The first-order valence-electron chi connectivity index (χ1n) is 4.59.